The van der Waals surface area contributed by atoms with Gasteiger partial charge in [-0.3, -0.25) is 4.57 Å². The zero-order valence-electron chi connectivity index (χ0n) is 16.5. The lowest BCUT2D eigenvalue weighted by atomic mass is 10.2. The highest BCUT2D eigenvalue weighted by Crippen LogP contribution is 2.24. The maximum atomic E-state index is 13.4. The van der Waals surface area contributed by atoms with Gasteiger partial charge in [0.1, 0.15) is 6.61 Å². The summed E-state index contributed by atoms with van der Waals surface area (Å²) >= 11 is 0. The predicted octanol–water partition coefficient (Wildman–Crippen LogP) is 3.82. The van der Waals surface area contributed by atoms with E-state index in [1.807, 2.05) is 0 Å². The molecular weight excluding hydrogens is 416 g/mol. The third-order valence-corrected chi connectivity index (χ3v) is 6.69. The molecular formula is C20H21F2N3O4S. The number of esters is 1. The average molecular weight is 437 g/mol. The van der Waals surface area contributed by atoms with E-state index in [-0.39, 0.29) is 21.8 Å². The van der Waals surface area contributed by atoms with E-state index in [1.165, 1.54) is 34.6 Å². The van der Waals surface area contributed by atoms with Crippen molar-refractivity contribution in [3.8, 4) is 0 Å². The Morgan fingerprint density at radius 2 is 1.73 bits per heavy atom. The van der Waals surface area contributed by atoms with Crippen molar-refractivity contribution >= 4 is 27.0 Å². The lowest BCUT2D eigenvalue weighted by Gasteiger charge is -2.18. The predicted molar refractivity (Wildman–Crippen MR) is 107 cm³/mol. The molecule has 1 heterocycles. The number of fused-ring (bicyclic) bond motifs is 1. The van der Waals surface area contributed by atoms with E-state index in [2.05, 4.69) is 4.98 Å². The molecule has 0 aliphatic heterocycles. The standard InChI is InChI=1S/C20H21F2N3O4S/c1-3-24(4-2)30(27,28)15-11-9-14(10-12-15)19(26)29-13-18-23-16-7-5-6-8-17(16)25(18)20(21)22/h5-12,20H,3-4,13H2,1-2H3. The van der Waals surface area contributed by atoms with Gasteiger partial charge in [-0.05, 0) is 36.4 Å². The van der Waals surface area contributed by atoms with Gasteiger partial charge in [0.2, 0.25) is 10.0 Å². The third-order valence-electron chi connectivity index (χ3n) is 4.63. The number of halogens is 2. The number of hydrogen-bond donors (Lipinski definition) is 0. The Bertz CT molecular complexity index is 1140. The van der Waals surface area contributed by atoms with Crippen LogP contribution in [-0.2, 0) is 21.4 Å². The Hall–Kier alpha value is -2.85. The Morgan fingerprint density at radius 1 is 1.10 bits per heavy atom. The molecule has 0 N–H and O–H groups in total. The molecule has 0 aliphatic rings. The van der Waals surface area contributed by atoms with Crippen LogP contribution in [0.1, 0.15) is 36.6 Å². The number of sulfonamides is 1. The number of carbonyl (C=O) groups is 1. The van der Waals surface area contributed by atoms with Crippen molar-refractivity contribution in [3.63, 3.8) is 0 Å². The molecule has 0 saturated carbocycles. The number of carbonyl (C=O) groups excluding carboxylic acids is 1. The zero-order chi connectivity index (χ0) is 21.9. The molecule has 2 aromatic carbocycles. The van der Waals surface area contributed by atoms with Crippen LogP contribution in [0.25, 0.3) is 11.0 Å². The van der Waals surface area contributed by atoms with Gasteiger partial charge in [0.25, 0.3) is 0 Å². The van der Waals surface area contributed by atoms with E-state index >= 15 is 0 Å². The fraction of sp³-hybridized carbons (Fsp3) is 0.300. The molecule has 30 heavy (non-hydrogen) atoms. The first-order valence-corrected chi connectivity index (χ1v) is 10.7. The van der Waals surface area contributed by atoms with Crippen LogP contribution in [0.3, 0.4) is 0 Å². The van der Waals surface area contributed by atoms with Crippen molar-refractivity contribution < 1.29 is 26.7 Å². The SMILES string of the molecule is CCN(CC)S(=O)(=O)c1ccc(C(=O)OCc2nc3ccccc3n2C(F)F)cc1. The highest BCUT2D eigenvalue weighted by Gasteiger charge is 2.22. The summed E-state index contributed by atoms with van der Waals surface area (Å²) in [5, 5.41) is 0. The molecule has 1 aromatic heterocycles. The van der Waals surface area contributed by atoms with E-state index in [0.717, 1.165) is 0 Å². The van der Waals surface area contributed by atoms with E-state index in [0.29, 0.717) is 23.2 Å². The normalized spacial score (nSPS) is 12.1. The van der Waals surface area contributed by atoms with Gasteiger partial charge in [0.05, 0.1) is 21.5 Å². The lowest BCUT2D eigenvalue weighted by molar-refractivity contribution is 0.0387. The molecule has 0 radical (unpaired) electrons. The topological polar surface area (TPSA) is 81.5 Å². The Kier molecular flexibility index (Phi) is 6.47. The fourth-order valence-electron chi connectivity index (χ4n) is 3.10. The molecule has 10 heteroatoms. The summed E-state index contributed by atoms with van der Waals surface area (Å²) in [4.78, 5) is 16.5. The molecule has 0 bridgehead atoms. The first kappa shape index (κ1) is 21.8. The Morgan fingerprint density at radius 3 is 2.33 bits per heavy atom. The van der Waals surface area contributed by atoms with E-state index in [9.17, 15) is 22.0 Å². The number of alkyl halides is 2. The summed E-state index contributed by atoms with van der Waals surface area (Å²) in [6.07, 6.45) is 0. The molecule has 160 valence electrons. The van der Waals surface area contributed by atoms with Crippen LogP contribution in [0, 0.1) is 0 Å². The van der Waals surface area contributed by atoms with Crippen molar-refractivity contribution in [3.05, 3.63) is 59.9 Å². The quantitative estimate of drug-likeness (QED) is 0.501. The maximum absolute atomic E-state index is 13.4. The van der Waals surface area contributed by atoms with Crippen LogP contribution in [0.15, 0.2) is 53.4 Å². The van der Waals surface area contributed by atoms with Crippen LogP contribution < -0.4 is 0 Å². The number of nitrogens with zero attached hydrogens (tertiary/aromatic N) is 3. The molecule has 3 rings (SSSR count). The van der Waals surface area contributed by atoms with Crippen molar-refractivity contribution in [2.45, 2.75) is 31.9 Å². The summed E-state index contributed by atoms with van der Waals surface area (Å²) in [6.45, 7) is 0.841. The van der Waals surface area contributed by atoms with Crippen LogP contribution in [0.4, 0.5) is 8.78 Å². The molecule has 0 amide bonds. The summed E-state index contributed by atoms with van der Waals surface area (Å²) in [5.41, 5.74) is 0.715. The smallest absolute Gasteiger partial charge is 0.338 e. The Balaban J connectivity index is 1.76. The van der Waals surface area contributed by atoms with Crippen molar-refractivity contribution in [1.82, 2.24) is 13.9 Å². The fourth-order valence-corrected chi connectivity index (χ4v) is 4.56. The van der Waals surface area contributed by atoms with Crippen molar-refractivity contribution in [2.75, 3.05) is 13.1 Å². The minimum Gasteiger partial charge on any atom is -0.454 e. The minimum absolute atomic E-state index is 0.0576. The summed E-state index contributed by atoms with van der Waals surface area (Å²) in [6, 6.07) is 11.7. The second kappa shape index (κ2) is 8.88. The molecule has 0 spiro atoms. The van der Waals surface area contributed by atoms with E-state index in [1.54, 1.807) is 32.0 Å². The van der Waals surface area contributed by atoms with Gasteiger partial charge in [-0.2, -0.15) is 13.1 Å². The zero-order valence-corrected chi connectivity index (χ0v) is 17.3. The molecule has 0 aliphatic carbocycles. The van der Waals surface area contributed by atoms with Gasteiger partial charge in [-0.1, -0.05) is 26.0 Å². The van der Waals surface area contributed by atoms with Gasteiger partial charge in [-0.25, -0.2) is 18.2 Å². The van der Waals surface area contributed by atoms with Crippen LogP contribution in [0.5, 0.6) is 0 Å². The van der Waals surface area contributed by atoms with Crippen LogP contribution >= 0.6 is 0 Å². The minimum atomic E-state index is -3.64. The number of para-hydroxylation sites is 2. The highest BCUT2D eigenvalue weighted by atomic mass is 32.2. The van der Waals surface area contributed by atoms with Gasteiger partial charge in [0.15, 0.2) is 5.82 Å². The van der Waals surface area contributed by atoms with Gasteiger partial charge >= 0.3 is 12.5 Å². The second-order valence-corrected chi connectivity index (χ2v) is 8.29. The van der Waals surface area contributed by atoms with Crippen molar-refractivity contribution in [1.29, 1.82) is 0 Å². The van der Waals surface area contributed by atoms with Crippen molar-refractivity contribution in [2.24, 2.45) is 0 Å². The van der Waals surface area contributed by atoms with E-state index in [4.69, 9.17) is 4.74 Å². The molecule has 0 fully saturated rings. The molecule has 0 saturated heterocycles. The monoisotopic (exact) mass is 437 g/mol. The molecule has 7 nitrogen and oxygen atoms in total. The highest BCUT2D eigenvalue weighted by molar-refractivity contribution is 7.89. The Labute approximate surface area is 172 Å². The maximum Gasteiger partial charge on any atom is 0.338 e. The number of rotatable bonds is 8. The summed E-state index contributed by atoms with van der Waals surface area (Å²) < 4.78 is 59.0. The van der Waals surface area contributed by atoms with E-state index < -0.39 is 29.1 Å². The van der Waals surface area contributed by atoms with Gasteiger partial charge < -0.3 is 4.74 Å². The van der Waals surface area contributed by atoms with Crippen LogP contribution in [0.2, 0.25) is 0 Å². The first-order valence-electron chi connectivity index (χ1n) is 9.30. The second-order valence-electron chi connectivity index (χ2n) is 6.35. The number of benzene rings is 2. The van der Waals surface area contributed by atoms with Gasteiger partial charge in [-0.15, -0.1) is 0 Å². The summed E-state index contributed by atoms with van der Waals surface area (Å²) in [5.74, 6) is -0.852. The molecule has 3 aromatic rings. The number of hydrogen-bond acceptors (Lipinski definition) is 5. The summed E-state index contributed by atoms with van der Waals surface area (Å²) in [7, 11) is -3.64. The molecule has 0 unspecified atom stereocenters. The first-order chi connectivity index (χ1) is 14.3. The lowest BCUT2D eigenvalue weighted by Crippen LogP contribution is -2.30. The third kappa shape index (κ3) is 4.19. The molecule has 0 atom stereocenters. The largest absolute Gasteiger partial charge is 0.454 e. The number of ether oxygens (including phenoxy) is 1. The number of imidazole rings is 1. The van der Waals surface area contributed by atoms with Crippen LogP contribution in [-0.4, -0.2) is 41.3 Å². The van der Waals surface area contributed by atoms with Gasteiger partial charge in [0, 0.05) is 13.1 Å². The average Bonchev–Trinajstić information content (AvgIpc) is 3.11. The number of aromatic nitrogens is 2.